The highest BCUT2D eigenvalue weighted by Gasteiger charge is 2.19. The van der Waals surface area contributed by atoms with Crippen molar-refractivity contribution in [1.29, 1.82) is 0 Å². The minimum Gasteiger partial charge on any atom is -0.396 e. The van der Waals surface area contributed by atoms with Crippen molar-refractivity contribution in [2.24, 2.45) is 0 Å². The molecule has 0 fully saturated rings. The monoisotopic (exact) mass is 300 g/mol. The second-order valence-electron chi connectivity index (χ2n) is 4.31. The lowest BCUT2D eigenvalue weighted by atomic mass is 10.1. The zero-order valence-electron chi connectivity index (χ0n) is 11.0. The van der Waals surface area contributed by atoms with Gasteiger partial charge in [0, 0.05) is 24.2 Å². The highest BCUT2D eigenvalue weighted by molar-refractivity contribution is 6.31. The Kier molecular flexibility index (Phi) is 6.97. The number of nitrogens with zero attached hydrogens (tertiary/aromatic N) is 1. The Hall–Kier alpha value is -1.66. The van der Waals surface area contributed by atoms with Crippen LogP contribution in [-0.2, 0) is 0 Å². The molecular weight excluding hydrogens is 284 g/mol. The summed E-state index contributed by atoms with van der Waals surface area (Å²) in [5.41, 5.74) is -0.287. The molecule has 20 heavy (non-hydrogen) atoms. The second-order valence-corrected chi connectivity index (χ2v) is 4.75. The van der Waals surface area contributed by atoms with E-state index in [2.05, 4.69) is 5.32 Å². The maximum atomic E-state index is 11.9. The minimum atomic E-state index is -0.605. The first-order valence-electron chi connectivity index (χ1n) is 6.39. The number of unbranched alkanes of at least 4 members (excludes halogenated alkanes) is 3. The molecule has 0 aliphatic carbocycles. The summed E-state index contributed by atoms with van der Waals surface area (Å²) in [7, 11) is 0. The number of aliphatic hydroxyl groups excluding tert-OH is 1. The van der Waals surface area contributed by atoms with E-state index in [9.17, 15) is 14.9 Å². The summed E-state index contributed by atoms with van der Waals surface area (Å²) in [6.07, 6.45) is 3.29. The molecule has 0 bridgehead atoms. The SMILES string of the molecule is O=C(NCCCCCCO)c1cc(Cl)ccc1[N+](=O)[O-]. The van der Waals surface area contributed by atoms with Gasteiger partial charge in [-0.15, -0.1) is 0 Å². The van der Waals surface area contributed by atoms with Crippen LogP contribution in [0, 0.1) is 10.1 Å². The fourth-order valence-electron chi connectivity index (χ4n) is 1.74. The first kappa shape index (κ1) is 16.4. The Morgan fingerprint density at radius 3 is 2.65 bits per heavy atom. The molecule has 0 atom stereocenters. The van der Waals surface area contributed by atoms with Crippen LogP contribution in [0.1, 0.15) is 36.0 Å². The Labute approximate surface area is 121 Å². The Bertz CT molecular complexity index is 479. The zero-order valence-corrected chi connectivity index (χ0v) is 11.7. The van der Waals surface area contributed by atoms with E-state index in [0.717, 1.165) is 25.7 Å². The molecule has 1 rings (SSSR count). The van der Waals surface area contributed by atoms with Gasteiger partial charge in [-0.25, -0.2) is 0 Å². The molecule has 0 spiro atoms. The maximum Gasteiger partial charge on any atom is 0.282 e. The van der Waals surface area contributed by atoms with Crippen molar-refractivity contribution in [3.05, 3.63) is 38.9 Å². The average Bonchev–Trinajstić information content (AvgIpc) is 2.42. The summed E-state index contributed by atoms with van der Waals surface area (Å²) < 4.78 is 0. The van der Waals surface area contributed by atoms with Gasteiger partial charge in [-0.3, -0.25) is 14.9 Å². The van der Waals surface area contributed by atoms with Crippen LogP contribution in [0.4, 0.5) is 5.69 Å². The average molecular weight is 301 g/mol. The molecule has 0 saturated heterocycles. The van der Waals surface area contributed by atoms with Gasteiger partial charge in [0.05, 0.1) is 4.92 Å². The lowest BCUT2D eigenvalue weighted by molar-refractivity contribution is -0.385. The number of amides is 1. The first-order chi connectivity index (χ1) is 9.56. The van der Waals surface area contributed by atoms with Crippen molar-refractivity contribution < 1.29 is 14.8 Å². The predicted molar refractivity (Wildman–Crippen MR) is 76.0 cm³/mol. The van der Waals surface area contributed by atoms with Crippen molar-refractivity contribution in [3.63, 3.8) is 0 Å². The number of nitro benzene ring substituents is 1. The largest absolute Gasteiger partial charge is 0.396 e. The molecule has 0 saturated carbocycles. The molecule has 1 aromatic carbocycles. The highest BCUT2D eigenvalue weighted by Crippen LogP contribution is 2.22. The highest BCUT2D eigenvalue weighted by atomic mass is 35.5. The molecule has 0 aliphatic rings. The second kappa shape index (κ2) is 8.50. The fraction of sp³-hybridized carbons (Fsp3) is 0.462. The molecule has 1 amide bonds. The number of carbonyl (C=O) groups is 1. The van der Waals surface area contributed by atoms with Crippen molar-refractivity contribution >= 4 is 23.2 Å². The van der Waals surface area contributed by atoms with Crippen molar-refractivity contribution in [1.82, 2.24) is 5.32 Å². The number of hydrogen-bond acceptors (Lipinski definition) is 4. The molecule has 0 unspecified atom stereocenters. The van der Waals surface area contributed by atoms with Crippen LogP contribution in [0.5, 0.6) is 0 Å². The Balaban J connectivity index is 2.54. The van der Waals surface area contributed by atoms with E-state index in [1.807, 2.05) is 0 Å². The molecule has 1 aromatic rings. The van der Waals surface area contributed by atoms with E-state index in [1.54, 1.807) is 0 Å². The van der Waals surface area contributed by atoms with Gasteiger partial charge in [0.15, 0.2) is 0 Å². The Morgan fingerprint density at radius 2 is 2.00 bits per heavy atom. The van der Waals surface area contributed by atoms with Gasteiger partial charge in [0.1, 0.15) is 5.56 Å². The number of halogens is 1. The number of benzene rings is 1. The van der Waals surface area contributed by atoms with Crippen LogP contribution in [0.25, 0.3) is 0 Å². The number of rotatable bonds is 8. The molecule has 7 heteroatoms. The van der Waals surface area contributed by atoms with Crippen molar-refractivity contribution in [2.75, 3.05) is 13.2 Å². The van der Waals surface area contributed by atoms with Crippen LogP contribution in [0.15, 0.2) is 18.2 Å². The van der Waals surface area contributed by atoms with Gasteiger partial charge in [-0.1, -0.05) is 24.4 Å². The van der Waals surface area contributed by atoms with E-state index in [0.29, 0.717) is 6.54 Å². The quantitative estimate of drug-likeness (QED) is 0.438. The van der Waals surface area contributed by atoms with Crippen LogP contribution in [-0.4, -0.2) is 29.1 Å². The molecule has 0 aromatic heterocycles. The number of carbonyl (C=O) groups excluding carboxylic acids is 1. The summed E-state index contributed by atoms with van der Waals surface area (Å²) in [5, 5.41) is 22.4. The van der Waals surface area contributed by atoms with Crippen molar-refractivity contribution in [2.45, 2.75) is 25.7 Å². The Morgan fingerprint density at radius 1 is 1.30 bits per heavy atom. The topological polar surface area (TPSA) is 92.5 Å². The minimum absolute atomic E-state index is 0.0298. The zero-order chi connectivity index (χ0) is 15.0. The molecule has 110 valence electrons. The standard InChI is InChI=1S/C13H17ClN2O4/c14-10-5-6-12(16(19)20)11(9-10)13(18)15-7-3-1-2-4-8-17/h5-6,9,17H,1-4,7-8H2,(H,15,18). The molecule has 0 heterocycles. The molecule has 6 nitrogen and oxygen atoms in total. The van der Waals surface area contributed by atoms with E-state index >= 15 is 0 Å². The first-order valence-corrected chi connectivity index (χ1v) is 6.77. The molecule has 0 aliphatic heterocycles. The van der Waals surface area contributed by atoms with E-state index in [1.165, 1.54) is 18.2 Å². The lowest BCUT2D eigenvalue weighted by Crippen LogP contribution is -2.25. The number of nitrogens with one attached hydrogen (secondary N) is 1. The van der Waals surface area contributed by atoms with E-state index in [4.69, 9.17) is 16.7 Å². The van der Waals surface area contributed by atoms with Crippen LogP contribution >= 0.6 is 11.6 Å². The summed E-state index contributed by atoms with van der Waals surface area (Å²) >= 11 is 5.76. The summed E-state index contributed by atoms with van der Waals surface area (Å²) in [4.78, 5) is 22.1. The summed E-state index contributed by atoms with van der Waals surface area (Å²) in [5.74, 6) is -0.499. The smallest absolute Gasteiger partial charge is 0.282 e. The third-order valence-electron chi connectivity index (χ3n) is 2.77. The van der Waals surface area contributed by atoms with E-state index in [-0.39, 0.29) is 22.9 Å². The van der Waals surface area contributed by atoms with Crippen LogP contribution < -0.4 is 5.32 Å². The number of hydrogen-bond donors (Lipinski definition) is 2. The normalized spacial score (nSPS) is 10.3. The third-order valence-corrected chi connectivity index (χ3v) is 3.01. The van der Waals surface area contributed by atoms with Crippen LogP contribution in [0.3, 0.4) is 0 Å². The van der Waals surface area contributed by atoms with Crippen molar-refractivity contribution in [3.8, 4) is 0 Å². The van der Waals surface area contributed by atoms with Gasteiger partial charge >= 0.3 is 0 Å². The van der Waals surface area contributed by atoms with Gasteiger partial charge in [-0.2, -0.15) is 0 Å². The van der Waals surface area contributed by atoms with Gasteiger partial charge in [0.25, 0.3) is 11.6 Å². The molecular formula is C13H17ClN2O4. The maximum absolute atomic E-state index is 11.9. The van der Waals surface area contributed by atoms with Gasteiger partial charge in [-0.05, 0) is 25.0 Å². The van der Waals surface area contributed by atoms with Gasteiger partial charge in [0.2, 0.25) is 0 Å². The number of nitro groups is 1. The summed E-state index contributed by atoms with van der Waals surface area (Å²) in [6, 6.07) is 3.89. The van der Waals surface area contributed by atoms with Gasteiger partial charge < -0.3 is 10.4 Å². The van der Waals surface area contributed by atoms with E-state index < -0.39 is 10.8 Å². The summed E-state index contributed by atoms with van der Waals surface area (Å²) in [6.45, 7) is 0.606. The third kappa shape index (κ3) is 5.14. The lowest BCUT2D eigenvalue weighted by Gasteiger charge is -2.06. The van der Waals surface area contributed by atoms with Crippen LogP contribution in [0.2, 0.25) is 5.02 Å². The molecule has 0 radical (unpaired) electrons. The predicted octanol–water partition coefficient (Wildman–Crippen LogP) is 2.53. The number of aliphatic hydroxyl groups is 1. The molecule has 2 N–H and O–H groups in total. The fourth-order valence-corrected chi connectivity index (χ4v) is 1.91.